The Morgan fingerprint density at radius 3 is 2.23 bits per heavy atom. The zero-order valence-electron chi connectivity index (χ0n) is 17.2. The molecule has 0 aromatic heterocycles. The molecule has 1 aromatic carbocycles. The highest BCUT2D eigenvalue weighted by molar-refractivity contribution is 6.37. The van der Waals surface area contributed by atoms with Gasteiger partial charge >= 0.3 is 23.8 Å². The molecule has 0 radical (unpaired) electrons. The zero-order chi connectivity index (χ0) is 22.7. The van der Waals surface area contributed by atoms with Crippen LogP contribution in [0.1, 0.15) is 46.0 Å². The van der Waals surface area contributed by atoms with E-state index in [1.807, 2.05) is 6.92 Å². The van der Waals surface area contributed by atoms with Crippen LogP contribution in [0.25, 0.3) is 5.53 Å². The van der Waals surface area contributed by atoms with Crippen molar-refractivity contribution in [1.82, 2.24) is 0 Å². The Bertz CT molecular complexity index is 760. The monoisotopic (exact) mass is 429 g/mol. The molecule has 1 rings (SSSR count). The van der Waals surface area contributed by atoms with E-state index in [1.54, 1.807) is 0 Å². The molecule has 0 fully saturated rings. The lowest BCUT2D eigenvalue weighted by Gasteiger charge is -2.29. The van der Waals surface area contributed by atoms with Gasteiger partial charge in [-0.25, -0.2) is 4.79 Å². The van der Waals surface area contributed by atoms with Gasteiger partial charge in [-0.3, -0.25) is 9.69 Å². The van der Waals surface area contributed by atoms with Crippen molar-refractivity contribution >= 4 is 23.3 Å². The molecule has 0 saturated heterocycles. The molecule has 30 heavy (non-hydrogen) atoms. The first-order chi connectivity index (χ1) is 14.2. The fourth-order valence-electron chi connectivity index (χ4n) is 2.92. The van der Waals surface area contributed by atoms with Gasteiger partial charge in [0.2, 0.25) is 0 Å². The van der Waals surface area contributed by atoms with Crippen molar-refractivity contribution in [3.05, 3.63) is 29.8 Å². The minimum Gasteiger partial charge on any atom is -0.497 e. The first-order valence-corrected chi connectivity index (χ1v) is 9.64. The summed E-state index contributed by atoms with van der Waals surface area (Å²) in [5.74, 6) is -2.90. The quantitative estimate of drug-likeness (QED) is 0.174. The normalized spacial score (nSPS) is 11.9. The van der Waals surface area contributed by atoms with E-state index in [0.717, 1.165) is 12.8 Å². The van der Waals surface area contributed by atoms with Crippen LogP contribution in [0.5, 0.6) is 5.75 Å². The van der Waals surface area contributed by atoms with Crippen LogP contribution in [0.2, 0.25) is 0 Å². The number of carbonyl (C=O) groups excluding carboxylic acids is 2. The molecule has 1 atom stereocenters. The Labute approximate surface area is 173 Å². The summed E-state index contributed by atoms with van der Waals surface area (Å²) in [6.07, 6.45) is -2.44. The smallest absolute Gasteiger partial charge is 0.471 e. The number of alkyl halides is 3. The molecule has 0 heterocycles. The maximum absolute atomic E-state index is 13.4. The van der Waals surface area contributed by atoms with Crippen molar-refractivity contribution in [3.8, 4) is 5.75 Å². The van der Waals surface area contributed by atoms with E-state index in [2.05, 4.69) is 4.79 Å². The number of amides is 1. The number of ether oxygens (including phenoxy) is 2. The summed E-state index contributed by atoms with van der Waals surface area (Å²) in [4.78, 5) is 27.9. The van der Waals surface area contributed by atoms with Crippen LogP contribution in [-0.2, 0) is 14.3 Å². The van der Waals surface area contributed by atoms with E-state index in [-0.39, 0.29) is 18.7 Å². The van der Waals surface area contributed by atoms with E-state index in [0.29, 0.717) is 23.5 Å². The van der Waals surface area contributed by atoms with E-state index in [4.69, 9.17) is 9.47 Å². The lowest BCUT2D eigenvalue weighted by molar-refractivity contribution is -0.171. The van der Waals surface area contributed by atoms with Gasteiger partial charge < -0.3 is 15.0 Å². The highest BCUT2D eigenvalue weighted by Crippen LogP contribution is 2.29. The van der Waals surface area contributed by atoms with Gasteiger partial charge in [0.25, 0.3) is 0 Å². The van der Waals surface area contributed by atoms with E-state index >= 15 is 0 Å². The molecule has 1 amide bonds. The van der Waals surface area contributed by atoms with Crippen molar-refractivity contribution in [2.45, 2.75) is 58.2 Å². The standard InChI is InChI=1S/C20H26F3N3O4/c1-4-6-7-8-9-16(17(25-24)18(27)30-5-2)26(19(28)20(21,22)23)14-10-12-15(29-3)13-11-14/h10-13,16H,4-9H2,1-3H3. The molecule has 0 N–H and O–H groups in total. The fraction of sp³-hybridized carbons (Fsp3) is 0.550. The molecule has 0 aliphatic carbocycles. The van der Waals surface area contributed by atoms with Crippen LogP contribution in [0.4, 0.5) is 18.9 Å². The van der Waals surface area contributed by atoms with Gasteiger partial charge in [-0.2, -0.15) is 18.0 Å². The Balaban J connectivity index is 3.49. The summed E-state index contributed by atoms with van der Waals surface area (Å²) in [6.45, 7) is 3.40. The third-order valence-corrected chi connectivity index (χ3v) is 4.36. The minimum absolute atomic E-state index is 0.0218. The lowest BCUT2D eigenvalue weighted by atomic mass is 10.00. The summed E-state index contributed by atoms with van der Waals surface area (Å²) in [6, 6.07) is 3.84. The number of anilines is 1. The predicted octanol–water partition coefficient (Wildman–Crippen LogP) is 4.16. The first kappa shape index (κ1) is 25.2. The summed E-state index contributed by atoms with van der Waals surface area (Å²) >= 11 is 0. The molecule has 10 heteroatoms. The maximum Gasteiger partial charge on any atom is 0.471 e. The van der Waals surface area contributed by atoms with Crippen molar-refractivity contribution in [1.29, 1.82) is 0 Å². The van der Waals surface area contributed by atoms with Crippen molar-refractivity contribution < 1.29 is 37.0 Å². The molecule has 0 aliphatic rings. The van der Waals surface area contributed by atoms with Gasteiger partial charge in [-0.1, -0.05) is 32.6 Å². The van der Waals surface area contributed by atoms with Gasteiger partial charge in [0.05, 0.1) is 13.7 Å². The molecule has 166 valence electrons. The van der Waals surface area contributed by atoms with E-state index in [9.17, 15) is 28.3 Å². The number of methoxy groups -OCH3 is 1. The topological polar surface area (TPSA) is 92.2 Å². The number of benzene rings is 1. The molecule has 7 nitrogen and oxygen atoms in total. The summed E-state index contributed by atoms with van der Waals surface area (Å²) in [5, 5.41) is 0. The van der Waals surface area contributed by atoms with Crippen LogP contribution in [-0.4, -0.2) is 48.3 Å². The number of unbranched alkanes of at least 4 members (excludes halogenated alkanes) is 3. The zero-order valence-corrected chi connectivity index (χ0v) is 17.2. The molecular weight excluding hydrogens is 403 g/mol. The SMILES string of the molecule is CCCCCCC(C(=[N+]=[N-])C(=O)OCC)N(C(=O)C(F)(F)F)c1ccc(OC)cc1. The molecule has 0 aliphatic heterocycles. The average molecular weight is 429 g/mol. The van der Waals surface area contributed by atoms with Crippen LogP contribution in [0, 0.1) is 0 Å². The Morgan fingerprint density at radius 1 is 1.13 bits per heavy atom. The Hall–Kier alpha value is -2.87. The van der Waals surface area contributed by atoms with Crippen molar-refractivity contribution in [3.63, 3.8) is 0 Å². The number of esters is 1. The average Bonchev–Trinajstić information content (AvgIpc) is 2.71. The summed E-state index contributed by atoms with van der Waals surface area (Å²) in [5.41, 5.74) is 8.62. The first-order valence-electron chi connectivity index (χ1n) is 9.64. The number of hydrogen-bond donors (Lipinski definition) is 0. The van der Waals surface area contributed by atoms with Crippen molar-refractivity contribution in [2.75, 3.05) is 18.6 Å². The van der Waals surface area contributed by atoms with Crippen LogP contribution in [0.15, 0.2) is 24.3 Å². The predicted molar refractivity (Wildman–Crippen MR) is 104 cm³/mol. The second-order valence-corrected chi connectivity index (χ2v) is 6.44. The van der Waals surface area contributed by atoms with Crippen molar-refractivity contribution in [2.24, 2.45) is 0 Å². The molecule has 1 aromatic rings. The second-order valence-electron chi connectivity index (χ2n) is 6.44. The maximum atomic E-state index is 13.4. The Morgan fingerprint density at radius 2 is 1.77 bits per heavy atom. The molecule has 1 unspecified atom stereocenters. The van der Waals surface area contributed by atoms with E-state index in [1.165, 1.54) is 38.3 Å². The minimum atomic E-state index is -5.21. The van der Waals surface area contributed by atoms with Gasteiger partial charge in [0.1, 0.15) is 11.8 Å². The summed E-state index contributed by atoms with van der Waals surface area (Å²) < 4.78 is 50.1. The number of hydrogen-bond acceptors (Lipinski definition) is 4. The third-order valence-electron chi connectivity index (χ3n) is 4.36. The molecule has 0 saturated carbocycles. The van der Waals surface area contributed by atoms with Gasteiger partial charge in [0.15, 0.2) is 0 Å². The van der Waals surface area contributed by atoms with Crippen LogP contribution >= 0.6 is 0 Å². The largest absolute Gasteiger partial charge is 0.497 e. The molecular formula is C20H26F3N3O4. The highest BCUT2D eigenvalue weighted by Gasteiger charge is 2.49. The van der Waals surface area contributed by atoms with Crippen LogP contribution in [0.3, 0.4) is 0 Å². The second kappa shape index (κ2) is 12.0. The molecule has 0 bridgehead atoms. The van der Waals surface area contributed by atoms with Gasteiger partial charge in [-0.15, -0.1) is 0 Å². The third kappa shape index (κ3) is 6.88. The van der Waals surface area contributed by atoms with Crippen LogP contribution < -0.4 is 9.64 Å². The number of halogens is 3. The fourth-order valence-corrected chi connectivity index (χ4v) is 2.92. The van der Waals surface area contributed by atoms with Gasteiger partial charge in [-0.05, 0) is 37.6 Å². The van der Waals surface area contributed by atoms with E-state index < -0.39 is 29.8 Å². The van der Waals surface area contributed by atoms with Gasteiger partial charge in [0, 0.05) is 5.69 Å². The number of rotatable bonds is 11. The summed E-state index contributed by atoms with van der Waals surface area (Å²) in [7, 11) is 1.39. The highest BCUT2D eigenvalue weighted by atomic mass is 19.4. The number of carbonyl (C=O) groups is 2. The molecule has 0 spiro atoms. The number of nitrogens with zero attached hydrogens (tertiary/aromatic N) is 3. The Kier molecular flexibility index (Phi) is 10.0. The lowest BCUT2D eigenvalue weighted by Crippen LogP contribution is -2.53.